The van der Waals surface area contributed by atoms with Gasteiger partial charge in [0.05, 0.1) is 41.4 Å². The van der Waals surface area contributed by atoms with Gasteiger partial charge in [0.25, 0.3) is 0 Å². The third kappa shape index (κ3) is 4.63. The summed E-state index contributed by atoms with van der Waals surface area (Å²) >= 11 is -0.248. The Morgan fingerprint density at radius 2 is 2.00 bits per heavy atom. The number of alkyl halides is 3. The summed E-state index contributed by atoms with van der Waals surface area (Å²) in [5, 5.41) is 3.07. The molecule has 0 unspecified atom stereocenters. The second-order valence-electron chi connectivity index (χ2n) is 8.16. The number of aromatic nitrogens is 1. The van der Waals surface area contributed by atoms with Crippen molar-refractivity contribution in [3.63, 3.8) is 0 Å². The number of benzene rings is 1. The Hall–Kier alpha value is -2.35. The number of nitrogens with one attached hydrogen (secondary N) is 1. The lowest BCUT2D eigenvalue weighted by Crippen LogP contribution is -2.36. The first kappa shape index (κ1) is 21.9. The van der Waals surface area contributed by atoms with E-state index in [-0.39, 0.29) is 34.7 Å². The van der Waals surface area contributed by atoms with Crippen LogP contribution in [0.2, 0.25) is 0 Å². The molecule has 1 N–H and O–H groups in total. The van der Waals surface area contributed by atoms with Crippen molar-refractivity contribution < 1.29 is 17.1 Å². The summed E-state index contributed by atoms with van der Waals surface area (Å²) in [4.78, 5) is 8.30. The number of aliphatic imine (C=N–C) groups is 1. The van der Waals surface area contributed by atoms with E-state index < -0.39 is 11.7 Å². The number of allylic oxidation sites excluding steroid dienone is 1. The van der Waals surface area contributed by atoms with Gasteiger partial charge in [0.2, 0.25) is 0 Å². The molecule has 0 bridgehead atoms. The molecular formula is C23H23F4N3S. The number of halogens is 4. The molecule has 8 heteroatoms. The average molecular weight is 450 g/mol. The van der Waals surface area contributed by atoms with E-state index in [2.05, 4.69) is 34.4 Å². The lowest BCUT2D eigenvalue weighted by Gasteiger charge is -2.43. The predicted octanol–water partition coefficient (Wildman–Crippen LogP) is 6.90. The minimum absolute atomic E-state index is 0.0331. The molecule has 1 saturated carbocycles. The van der Waals surface area contributed by atoms with Gasteiger partial charge in [-0.15, -0.1) is 0 Å². The van der Waals surface area contributed by atoms with Crippen LogP contribution in [0.15, 0.2) is 58.1 Å². The molecule has 0 atom stereocenters. The van der Waals surface area contributed by atoms with Crippen molar-refractivity contribution >= 4 is 23.5 Å². The van der Waals surface area contributed by atoms with Crippen LogP contribution >= 0.6 is 12.1 Å². The van der Waals surface area contributed by atoms with Gasteiger partial charge in [-0.1, -0.05) is 24.6 Å². The summed E-state index contributed by atoms with van der Waals surface area (Å²) in [6.45, 7) is 2.73. The predicted molar refractivity (Wildman–Crippen MR) is 116 cm³/mol. The average Bonchev–Trinajstić information content (AvgIpc) is 3.13. The fraction of sp³-hybridized carbons (Fsp3) is 0.391. The quantitative estimate of drug-likeness (QED) is 0.467. The first-order chi connectivity index (χ1) is 14.8. The highest BCUT2D eigenvalue weighted by molar-refractivity contribution is 7.94. The van der Waals surface area contributed by atoms with Crippen LogP contribution in [0.5, 0.6) is 0 Å². The number of hydrogen-bond donors (Lipinski definition) is 1. The van der Waals surface area contributed by atoms with Crippen LogP contribution in [0.1, 0.15) is 49.4 Å². The molecule has 164 valence electrons. The van der Waals surface area contributed by atoms with Gasteiger partial charge in [-0.2, -0.15) is 17.1 Å². The second kappa shape index (κ2) is 8.65. The van der Waals surface area contributed by atoms with Crippen LogP contribution < -0.4 is 5.32 Å². The van der Waals surface area contributed by atoms with E-state index in [9.17, 15) is 17.1 Å². The minimum atomic E-state index is -4.60. The Kier molecular flexibility index (Phi) is 6.10. The molecule has 31 heavy (non-hydrogen) atoms. The van der Waals surface area contributed by atoms with Crippen molar-refractivity contribution in [3.05, 3.63) is 65.0 Å². The van der Waals surface area contributed by atoms with Gasteiger partial charge in [-0.25, -0.2) is 0 Å². The van der Waals surface area contributed by atoms with E-state index >= 15 is 0 Å². The number of rotatable bonds is 7. The van der Waals surface area contributed by atoms with E-state index in [1.54, 1.807) is 0 Å². The summed E-state index contributed by atoms with van der Waals surface area (Å²) in [6.07, 6.45) is 2.86. The van der Waals surface area contributed by atoms with E-state index in [0.29, 0.717) is 0 Å². The van der Waals surface area contributed by atoms with Crippen molar-refractivity contribution in [1.82, 2.24) is 4.98 Å². The molecule has 1 fully saturated rings. The van der Waals surface area contributed by atoms with Crippen LogP contribution in [-0.4, -0.2) is 17.2 Å². The normalized spacial score (nSPS) is 17.7. The molecule has 1 aromatic carbocycles. The zero-order valence-electron chi connectivity index (χ0n) is 17.1. The van der Waals surface area contributed by atoms with E-state index in [1.165, 1.54) is 11.1 Å². The zero-order valence-corrected chi connectivity index (χ0v) is 17.9. The van der Waals surface area contributed by atoms with Gasteiger partial charge in [0, 0.05) is 23.0 Å². The van der Waals surface area contributed by atoms with Crippen LogP contribution in [-0.2, 0) is 18.1 Å². The van der Waals surface area contributed by atoms with Crippen molar-refractivity contribution in [2.45, 2.75) is 55.6 Å². The van der Waals surface area contributed by atoms with Gasteiger partial charge in [0.15, 0.2) is 0 Å². The fourth-order valence-corrected chi connectivity index (χ4v) is 4.52. The Morgan fingerprint density at radius 3 is 2.61 bits per heavy atom. The Morgan fingerprint density at radius 1 is 1.19 bits per heavy atom. The molecule has 0 radical (unpaired) electrons. The van der Waals surface area contributed by atoms with Gasteiger partial charge < -0.3 is 5.32 Å². The zero-order chi connectivity index (χ0) is 22.1. The summed E-state index contributed by atoms with van der Waals surface area (Å²) in [6, 6.07) is 8.68. The summed E-state index contributed by atoms with van der Waals surface area (Å²) in [5.74, 6) is 0. The van der Waals surface area contributed by atoms with Crippen molar-refractivity contribution in [2.75, 3.05) is 11.9 Å². The monoisotopic (exact) mass is 449 g/mol. The first-order valence-corrected chi connectivity index (χ1v) is 10.9. The van der Waals surface area contributed by atoms with E-state index in [0.717, 1.165) is 55.9 Å². The summed E-state index contributed by atoms with van der Waals surface area (Å²) in [5.41, 5.74) is 3.27. The molecular weight excluding hydrogens is 426 g/mol. The molecule has 0 saturated heterocycles. The molecule has 1 aromatic heterocycles. The number of nitrogens with zero attached hydrogens (tertiary/aromatic N) is 2. The molecule has 0 spiro atoms. The molecule has 4 rings (SSSR count). The molecule has 2 aliphatic rings. The lowest BCUT2D eigenvalue weighted by molar-refractivity contribution is -0.138. The van der Waals surface area contributed by atoms with Crippen LogP contribution in [0.3, 0.4) is 0 Å². The highest BCUT2D eigenvalue weighted by atomic mass is 32.2. The molecule has 2 aromatic rings. The van der Waals surface area contributed by atoms with Gasteiger partial charge in [-0.3, -0.25) is 9.98 Å². The fourth-order valence-electron chi connectivity index (χ4n) is 4.27. The van der Waals surface area contributed by atoms with Gasteiger partial charge >= 0.3 is 6.18 Å². The smallest absolute Gasteiger partial charge is 0.379 e. The molecule has 3 nitrogen and oxygen atoms in total. The molecule has 1 aliphatic carbocycles. The lowest BCUT2D eigenvalue weighted by atomic mass is 9.61. The highest BCUT2D eigenvalue weighted by Gasteiger charge is 2.40. The maximum Gasteiger partial charge on any atom is 0.418 e. The Labute approximate surface area is 183 Å². The van der Waals surface area contributed by atoms with Crippen LogP contribution in [0.25, 0.3) is 0 Å². The standard InChI is InChI=1S/C23H23F4N3S/c1-15-6-9-28-20(15)12-22(7-3-8-22)16-4-2-5-17(10-16)29-14-21-19(23(24,25)26)11-18(31-27)13-30-21/h2,4-6,10-11,13,29H,3,7-9,12,14H2,1H3. The second-order valence-corrected chi connectivity index (χ2v) is 8.79. The number of pyridine rings is 1. The Balaban J connectivity index is 1.53. The number of hydrogen-bond acceptors (Lipinski definition) is 4. The van der Waals surface area contributed by atoms with Crippen molar-refractivity contribution in [2.24, 2.45) is 4.99 Å². The maximum atomic E-state index is 13.4. The molecule has 2 heterocycles. The Bertz CT molecular complexity index is 1030. The van der Waals surface area contributed by atoms with Crippen molar-refractivity contribution in [1.29, 1.82) is 0 Å². The molecule has 0 amide bonds. The van der Waals surface area contributed by atoms with E-state index in [4.69, 9.17) is 0 Å². The minimum Gasteiger partial charge on any atom is -0.379 e. The number of anilines is 1. The summed E-state index contributed by atoms with van der Waals surface area (Å²) in [7, 11) is 0. The largest absolute Gasteiger partial charge is 0.418 e. The summed E-state index contributed by atoms with van der Waals surface area (Å²) < 4.78 is 52.8. The highest BCUT2D eigenvalue weighted by Crippen LogP contribution is 2.48. The third-order valence-corrected chi connectivity index (χ3v) is 6.63. The van der Waals surface area contributed by atoms with Gasteiger partial charge in [0.1, 0.15) is 0 Å². The SMILES string of the molecule is CC1=CCN=C1CC1(c2cccc(NCc3ncc(SF)cc3C(F)(F)F)c2)CCC1. The van der Waals surface area contributed by atoms with Crippen LogP contribution in [0.4, 0.5) is 22.7 Å². The third-order valence-electron chi connectivity index (χ3n) is 6.23. The first-order valence-electron chi connectivity index (χ1n) is 10.2. The van der Waals surface area contributed by atoms with Crippen LogP contribution in [0, 0.1) is 0 Å². The topological polar surface area (TPSA) is 37.3 Å². The van der Waals surface area contributed by atoms with E-state index in [1.807, 2.05) is 18.2 Å². The van der Waals surface area contributed by atoms with Crippen molar-refractivity contribution in [3.8, 4) is 0 Å². The maximum absolute atomic E-state index is 13.4. The van der Waals surface area contributed by atoms with Gasteiger partial charge in [-0.05, 0) is 55.5 Å². The molecule has 1 aliphatic heterocycles.